The highest BCUT2D eigenvalue weighted by molar-refractivity contribution is 6.05. The molecule has 0 aliphatic carbocycles. The van der Waals surface area contributed by atoms with E-state index < -0.39 is 17.2 Å². The van der Waals surface area contributed by atoms with Crippen LogP contribution in [0.4, 0.5) is 0 Å². The van der Waals surface area contributed by atoms with E-state index in [0.29, 0.717) is 18.7 Å². The molecule has 0 aliphatic heterocycles. The molecule has 0 radical (unpaired) electrons. The summed E-state index contributed by atoms with van der Waals surface area (Å²) >= 11 is 0. The van der Waals surface area contributed by atoms with E-state index in [-0.39, 0.29) is 35.7 Å². The predicted molar refractivity (Wildman–Crippen MR) is 120 cm³/mol. The molecule has 1 aromatic carbocycles. The Hall–Kier alpha value is -3.42. The fourth-order valence-corrected chi connectivity index (χ4v) is 3.33. The number of pyridine rings is 1. The summed E-state index contributed by atoms with van der Waals surface area (Å²) in [6.45, 7) is 8.74. The molecule has 8 heteroatoms. The van der Waals surface area contributed by atoms with Gasteiger partial charge in [0, 0.05) is 12.2 Å². The van der Waals surface area contributed by atoms with Gasteiger partial charge in [-0.25, -0.2) is 9.78 Å². The average molecular weight is 425 g/mol. The number of hydrogen-bond donors (Lipinski definition) is 2. The largest absolute Gasteiger partial charge is 0.492 e. The standard InChI is InChI=1S/C23H28N4O4/c1-5-10-27-20-19(22(29)26-23(27)30)17(13-18(25-20)14(2)3)21(28)24-9-11-31-16-8-6-7-15(4)12-16/h6-8,12-14H,5,9-11H2,1-4H3,(H,24,28)(H,26,29,30). The molecule has 0 fully saturated rings. The summed E-state index contributed by atoms with van der Waals surface area (Å²) in [6.07, 6.45) is 0.687. The number of carbonyl (C=O) groups excluding carboxylic acids is 1. The van der Waals surface area contributed by atoms with Gasteiger partial charge in [-0.1, -0.05) is 32.9 Å². The fourth-order valence-electron chi connectivity index (χ4n) is 3.33. The molecule has 0 saturated heterocycles. The summed E-state index contributed by atoms with van der Waals surface area (Å²) in [7, 11) is 0. The van der Waals surface area contributed by atoms with Crippen LogP contribution in [0.3, 0.4) is 0 Å². The van der Waals surface area contributed by atoms with Crippen molar-refractivity contribution < 1.29 is 9.53 Å². The smallest absolute Gasteiger partial charge is 0.329 e. The molecular formula is C23H28N4O4. The van der Waals surface area contributed by atoms with Crippen molar-refractivity contribution in [2.24, 2.45) is 0 Å². The van der Waals surface area contributed by atoms with Crippen molar-refractivity contribution in [2.75, 3.05) is 13.2 Å². The van der Waals surface area contributed by atoms with Crippen LogP contribution < -0.4 is 21.3 Å². The van der Waals surface area contributed by atoms with E-state index in [0.717, 1.165) is 11.3 Å². The van der Waals surface area contributed by atoms with E-state index in [9.17, 15) is 14.4 Å². The molecule has 1 amide bonds. The number of benzene rings is 1. The number of carbonyl (C=O) groups is 1. The lowest BCUT2D eigenvalue weighted by Crippen LogP contribution is -2.34. The zero-order valence-electron chi connectivity index (χ0n) is 18.3. The van der Waals surface area contributed by atoms with E-state index in [2.05, 4.69) is 15.3 Å². The van der Waals surface area contributed by atoms with Gasteiger partial charge < -0.3 is 10.1 Å². The van der Waals surface area contributed by atoms with Gasteiger partial charge in [-0.3, -0.25) is 19.1 Å². The summed E-state index contributed by atoms with van der Waals surface area (Å²) < 4.78 is 7.09. The Kier molecular flexibility index (Phi) is 6.89. The first-order chi connectivity index (χ1) is 14.8. The number of aromatic amines is 1. The molecule has 0 aliphatic rings. The Labute approximate surface area is 180 Å². The van der Waals surface area contributed by atoms with Gasteiger partial charge in [0.25, 0.3) is 11.5 Å². The van der Waals surface area contributed by atoms with Crippen molar-refractivity contribution >= 4 is 16.9 Å². The molecule has 2 aromatic heterocycles. The molecule has 31 heavy (non-hydrogen) atoms. The maximum Gasteiger partial charge on any atom is 0.329 e. The van der Waals surface area contributed by atoms with E-state index in [4.69, 9.17) is 4.74 Å². The highest BCUT2D eigenvalue weighted by Gasteiger charge is 2.20. The van der Waals surface area contributed by atoms with E-state index in [1.54, 1.807) is 6.07 Å². The highest BCUT2D eigenvalue weighted by atomic mass is 16.5. The lowest BCUT2D eigenvalue weighted by molar-refractivity contribution is 0.0948. The van der Waals surface area contributed by atoms with Crippen LogP contribution in [0, 0.1) is 6.92 Å². The molecule has 0 spiro atoms. The summed E-state index contributed by atoms with van der Waals surface area (Å²) in [5.41, 5.74) is 1.03. The number of nitrogens with zero attached hydrogens (tertiary/aromatic N) is 2. The molecular weight excluding hydrogens is 396 g/mol. The number of aryl methyl sites for hydroxylation is 2. The van der Waals surface area contributed by atoms with Crippen LogP contribution in [0.15, 0.2) is 39.9 Å². The second kappa shape index (κ2) is 9.59. The van der Waals surface area contributed by atoms with E-state index >= 15 is 0 Å². The Balaban J connectivity index is 1.90. The van der Waals surface area contributed by atoms with Gasteiger partial charge in [0.15, 0.2) is 5.65 Å². The summed E-state index contributed by atoms with van der Waals surface area (Å²) in [6, 6.07) is 9.28. The number of fused-ring (bicyclic) bond motifs is 1. The fraction of sp³-hybridized carbons (Fsp3) is 0.391. The minimum absolute atomic E-state index is 0.0186. The van der Waals surface area contributed by atoms with Gasteiger partial charge in [0.2, 0.25) is 0 Å². The first-order valence-corrected chi connectivity index (χ1v) is 10.5. The maximum absolute atomic E-state index is 13.0. The van der Waals surface area contributed by atoms with Crippen LogP contribution in [0.25, 0.3) is 11.0 Å². The summed E-state index contributed by atoms with van der Waals surface area (Å²) in [5, 5.41) is 2.92. The maximum atomic E-state index is 13.0. The number of aromatic nitrogens is 3. The first-order valence-electron chi connectivity index (χ1n) is 10.5. The Bertz CT molecular complexity index is 1210. The third kappa shape index (κ3) is 5.02. The SMILES string of the molecule is CCCn1c(=O)[nH]c(=O)c2c(C(=O)NCCOc3cccc(C)c3)cc(C(C)C)nc21. The van der Waals surface area contributed by atoms with Crippen LogP contribution >= 0.6 is 0 Å². The second-order valence-electron chi connectivity index (χ2n) is 7.78. The Morgan fingerprint density at radius 2 is 2.03 bits per heavy atom. The van der Waals surface area contributed by atoms with Crippen molar-refractivity contribution in [3.8, 4) is 5.75 Å². The molecule has 3 aromatic rings. The summed E-state index contributed by atoms with van der Waals surface area (Å²) in [5.74, 6) is 0.338. The lowest BCUT2D eigenvalue weighted by atomic mass is 10.0. The summed E-state index contributed by atoms with van der Waals surface area (Å²) in [4.78, 5) is 44.7. The second-order valence-corrected chi connectivity index (χ2v) is 7.78. The number of ether oxygens (including phenoxy) is 1. The zero-order valence-corrected chi connectivity index (χ0v) is 18.3. The van der Waals surface area contributed by atoms with E-state index in [1.165, 1.54) is 4.57 Å². The van der Waals surface area contributed by atoms with Gasteiger partial charge in [-0.2, -0.15) is 0 Å². The van der Waals surface area contributed by atoms with Crippen LogP contribution in [0.1, 0.15) is 54.7 Å². The topological polar surface area (TPSA) is 106 Å². The van der Waals surface area contributed by atoms with Crippen LogP contribution in [0.2, 0.25) is 0 Å². The van der Waals surface area contributed by atoms with Crippen molar-refractivity contribution in [2.45, 2.75) is 46.6 Å². The number of nitrogens with one attached hydrogen (secondary N) is 2. The molecule has 0 bridgehead atoms. The quantitative estimate of drug-likeness (QED) is 0.541. The minimum Gasteiger partial charge on any atom is -0.492 e. The van der Waals surface area contributed by atoms with Crippen molar-refractivity contribution in [3.05, 3.63) is 68.0 Å². The normalized spacial score (nSPS) is 11.1. The molecule has 2 heterocycles. The van der Waals surface area contributed by atoms with Gasteiger partial charge in [0.1, 0.15) is 12.4 Å². The predicted octanol–water partition coefficient (Wildman–Crippen LogP) is 2.74. The number of rotatable bonds is 8. The van der Waals surface area contributed by atoms with Gasteiger partial charge in [0.05, 0.1) is 17.5 Å². The third-order valence-electron chi connectivity index (χ3n) is 4.90. The minimum atomic E-state index is -0.615. The van der Waals surface area contributed by atoms with Gasteiger partial charge in [-0.15, -0.1) is 0 Å². The number of hydrogen-bond acceptors (Lipinski definition) is 5. The van der Waals surface area contributed by atoms with Gasteiger partial charge in [-0.05, 0) is 43.0 Å². The van der Waals surface area contributed by atoms with Crippen molar-refractivity contribution in [3.63, 3.8) is 0 Å². The zero-order chi connectivity index (χ0) is 22.5. The van der Waals surface area contributed by atoms with Crippen LogP contribution in [0.5, 0.6) is 5.75 Å². The highest BCUT2D eigenvalue weighted by Crippen LogP contribution is 2.20. The lowest BCUT2D eigenvalue weighted by Gasteiger charge is -2.14. The first kappa shape index (κ1) is 22.3. The molecule has 8 nitrogen and oxygen atoms in total. The molecule has 0 saturated carbocycles. The molecule has 3 rings (SSSR count). The third-order valence-corrected chi connectivity index (χ3v) is 4.90. The number of H-pyrrole nitrogens is 1. The Morgan fingerprint density at radius 1 is 1.26 bits per heavy atom. The molecule has 0 atom stereocenters. The molecule has 2 N–H and O–H groups in total. The molecule has 0 unspecified atom stereocenters. The van der Waals surface area contributed by atoms with Crippen molar-refractivity contribution in [1.29, 1.82) is 0 Å². The van der Waals surface area contributed by atoms with Gasteiger partial charge >= 0.3 is 5.69 Å². The monoisotopic (exact) mass is 424 g/mol. The number of amides is 1. The average Bonchev–Trinajstić information content (AvgIpc) is 2.73. The van der Waals surface area contributed by atoms with Crippen molar-refractivity contribution in [1.82, 2.24) is 19.9 Å². The van der Waals surface area contributed by atoms with Crippen LogP contribution in [-0.4, -0.2) is 33.6 Å². The van der Waals surface area contributed by atoms with E-state index in [1.807, 2.05) is 52.0 Å². The van der Waals surface area contributed by atoms with Crippen LogP contribution in [-0.2, 0) is 6.54 Å². The Morgan fingerprint density at radius 3 is 2.71 bits per heavy atom. The molecule has 164 valence electrons.